The molecule has 3 rings (SSSR count). The standard InChI is InChI=1S/C18H16F2N6O/c19-13-5-1-11(2-6-13)9-22-16-15(21)17(24-10-23-16)25-26-18(27)12-3-7-14(20)8-4-12/h1-8,10H,9,21H2,(H,26,27)(H2,22,23,24,25). The highest BCUT2D eigenvalue weighted by molar-refractivity contribution is 5.95. The van der Waals surface area contributed by atoms with Crippen LogP contribution in [0.3, 0.4) is 0 Å². The predicted molar refractivity (Wildman–Crippen MR) is 97.7 cm³/mol. The fourth-order valence-corrected chi connectivity index (χ4v) is 2.21. The highest BCUT2D eigenvalue weighted by Gasteiger charge is 2.10. The SMILES string of the molecule is Nc1c(NCc2ccc(F)cc2)ncnc1NNC(=O)c1ccc(F)cc1. The summed E-state index contributed by atoms with van der Waals surface area (Å²) in [6, 6.07) is 11.1. The number of nitrogens with zero attached hydrogens (tertiary/aromatic N) is 2. The van der Waals surface area contributed by atoms with Gasteiger partial charge in [0.15, 0.2) is 11.6 Å². The van der Waals surface area contributed by atoms with Crippen LogP contribution in [0.2, 0.25) is 0 Å². The van der Waals surface area contributed by atoms with Crippen molar-refractivity contribution >= 4 is 23.2 Å². The number of hydrogen-bond donors (Lipinski definition) is 4. The highest BCUT2D eigenvalue weighted by atomic mass is 19.1. The molecule has 1 heterocycles. The maximum absolute atomic E-state index is 12.9. The lowest BCUT2D eigenvalue weighted by atomic mass is 10.2. The molecular formula is C18H16F2N6O. The lowest BCUT2D eigenvalue weighted by Crippen LogP contribution is -2.30. The van der Waals surface area contributed by atoms with Crippen LogP contribution in [-0.4, -0.2) is 15.9 Å². The summed E-state index contributed by atoms with van der Waals surface area (Å²) in [7, 11) is 0. The van der Waals surface area contributed by atoms with Crippen molar-refractivity contribution in [1.29, 1.82) is 0 Å². The van der Waals surface area contributed by atoms with E-state index < -0.39 is 11.7 Å². The molecule has 0 unspecified atom stereocenters. The molecule has 0 spiro atoms. The molecule has 0 fully saturated rings. The van der Waals surface area contributed by atoms with Gasteiger partial charge in [-0.2, -0.15) is 0 Å². The minimum absolute atomic E-state index is 0.194. The summed E-state index contributed by atoms with van der Waals surface area (Å²) in [5, 5.41) is 3.02. The van der Waals surface area contributed by atoms with E-state index in [1.54, 1.807) is 12.1 Å². The molecule has 9 heteroatoms. The average molecular weight is 370 g/mol. The Morgan fingerprint density at radius 1 is 0.926 bits per heavy atom. The predicted octanol–water partition coefficient (Wildman–Crippen LogP) is 2.71. The number of benzene rings is 2. The fourth-order valence-electron chi connectivity index (χ4n) is 2.21. The molecular weight excluding hydrogens is 354 g/mol. The van der Waals surface area contributed by atoms with E-state index in [4.69, 9.17) is 5.73 Å². The lowest BCUT2D eigenvalue weighted by Gasteiger charge is -2.13. The first kappa shape index (κ1) is 18.1. The molecule has 1 amide bonds. The first-order valence-electron chi connectivity index (χ1n) is 7.93. The van der Waals surface area contributed by atoms with Gasteiger partial charge in [0, 0.05) is 12.1 Å². The van der Waals surface area contributed by atoms with E-state index in [-0.39, 0.29) is 22.9 Å². The maximum Gasteiger partial charge on any atom is 0.269 e. The van der Waals surface area contributed by atoms with Gasteiger partial charge in [-0.1, -0.05) is 12.1 Å². The minimum Gasteiger partial charge on any atom is -0.393 e. The monoisotopic (exact) mass is 370 g/mol. The van der Waals surface area contributed by atoms with Gasteiger partial charge >= 0.3 is 0 Å². The molecule has 0 aliphatic carbocycles. The zero-order chi connectivity index (χ0) is 19.2. The molecule has 3 aromatic rings. The number of rotatable bonds is 6. The average Bonchev–Trinajstić information content (AvgIpc) is 2.68. The van der Waals surface area contributed by atoms with E-state index in [0.29, 0.717) is 12.4 Å². The molecule has 27 heavy (non-hydrogen) atoms. The Morgan fingerprint density at radius 2 is 1.52 bits per heavy atom. The summed E-state index contributed by atoms with van der Waals surface area (Å²) in [4.78, 5) is 20.1. The van der Waals surface area contributed by atoms with Gasteiger partial charge in [-0.05, 0) is 42.0 Å². The number of carbonyl (C=O) groups excluding carboxylic acids is 1. The lowest BCUT2D eigenvalue weighted by molar-refractivity contribution is 0.0962. The largest absolute Gasteiger partial charge is 0.393 e. The Kier molecular flexibility index (Phi) is 5.41. The van der Waals surface area contributed by atoms with Crippen LogP contribution in [0, 0.1) is 11.6 Å². The van der Waals surface area contributed by atoms with Crippen LogP contribution in [0.1, 0.15) is 15.9 Å². The molecule has 1 aromatic heterocycles. The fraction of sp³-hybridized carbons (Fsp3) is 0.0556. The summed E-state index contributed by atoms with van der Waals surface area (Å²) in [5.74, 6) is -0.677. The van der Waals surface area contributed by atoms with Crippen LogP contribution in [0.4, 0.5) is 26.1 Å². The van der Waals surface area contributed by atoms with Gasteiger partial charge in [0.25, 0.3) is 5.91 Å². The van der Waals surface area contributed by atoms with Gasteiger partial charge in [0.1, 0.15) is 23.6 Å². The van der Waals surface area contributed by atoms with Gasteiger partial charge in [-0.15, -0.1) is 0 Å². The van der Waals surface area contributed by atoms with Crippen molar-refractivity contribution in [3.63, 3.8) is 0 Å². The number of carbonyl (C=O) groups is 1. The van der Waals surface area contributed by atoms with E-state index >= 15 is 0 Å². The zero-order valence-electron chi connectivity index (χ0n) is 14.0. The molecule has 0 radical (unpaired) electrons. The number of amides is 1. The molecule has 0 bridgehead atoms. The minimum atomic E-state index is -0.478. The molecule has 138 valence electrons. The molecule has 5 N–H and O–H groups in total. The molecule has 2 aromatic carbocycles. The van der Waals surface area contributed by atoms with Gasteiger partial charge in [0.2, 0.25) is 0 Å². The van der Waals surface area contributed by atoms with E-state index in [1.165, 1.54) is 42.7 Å². The quantitative estimate of drug-likeness (QED) is 0.497. The van der Waals surface area contributed by atoms with E-state index in [9.17, 15) is 13.6 Å². The van der Waals surface area contributed by atoms with E-state index in [1.807, 2.05) is 0 Å². The highest BCUT2D eigenvalue weighted by Crippen LogP contribution is 2.22. The Labute approximate surface area is 153 Å². The molecule has 0 saturated heterocycles. The summed E-state index contributed by atoms with van der Waals surface area (Å²) in [5.41, 5.74) is 12.4. The van der Waals surface area contributed by atoms with Crippen molar-refractivity contribution in [1.82, 2.24) is 15.4 Å². The van der Waals surface area contributed by atoms with Crippen LogP contribution in [-0.2, 0) is 6.54 Å². The van der Waals surface area contributed by atoms with Crippen LogP contribution < -0.4 is 21.9 Å². The van der Waals surface area contributed by atoms with Crippen molar-refractivity contribution < 1.29 is 13.6 Å². The van der Waals surface area contributed by atoms with Crippen LogP contribution in [0.15, 0.2) is 54.9 Å². The molecule has 0 aliphatic rings. The van der Waals surface area contributed by atoms with Crippen molar-refractivity contribution in [3.05, 3.63) is 77.6 Å². The number of hydrogen-bond acceptors (Lipinski definition) is 6. The summed E-state index contributed by atoms with van der Waals surface area (Å²) >= 11 is 0. The van der Waals surface area contributed by atoms with E-state index in [0.717, 1.165) is 5.56 Å². The second-order valence-electron chi connectivity index (χ2n) is 5.55. The number of nitrogens with two attached hydrogens (primary N) is 1. The first-order chi connectivity index (χ1) is 13.0. The number of nitrogens with one attached hydrogen (secondary N) is 3. The van der Waals surface area contributed by atoms with Crippen molar-refractivity contribution in [2.45, 2.75) is 6.54 Å². The first-order valence-corrected chi connectivity index (χ1v) is 7.93. The number of hydrazine groups is 1. The van der Waals surface area contributed by atoms with Gasteiger partial charge in [-0.25, -0.2) is 18.7 Å². The molecule has 7 nitrogen and oxygen atoms in total. The van der Waals surface area contributed by atoms with Crippen LogP contribution >= 0.6 is 0 Å². The van der Waals surface area contributed by atoms with Crippen molar-refractivity contribution in [3.8, 4) is 0 Å². The Balaban J connectivity index is 1.63. The van der Waals surface area contributed by atoms with Gasteiger partial charge in [0.05, 0.1) is 0 Å². The zero-order valence-corrected chi connectivity index (χ0v) is 14.0. The third-order valence-electron chi connectivity index (χ3n) is 3.66. The van der Waals surface area contributed by atoms with Crippen LogP contribution in [0.5, 0.6) is 0 Å². The Bertz CT molecular complexity index is 932. The van der Waals surface area contributed by atoms with E-state index in [2.05, 4.69) is 26.1 Å². The van der Waals surface area contributed by atoms with Gasteiger partial charge < -0.3 is 11.1 Å². The number of halogens is 2. The number of aromatic nitrogens is 2. The smallest absolute Gasteiger partial charge is 0.269 e. The maximum atomic E-state index is 12.9. The Morgan fingerprint density at radius 3 is 2.19 bits per heavy atom. The third-order valence-corrected chi connectivity index (χ3v) is 3.66. The van der Waals surface area contributed by atoms with Crippen LogP contribution in [0.25, 0.3) is 0 Å². The second kappa shape index (κ2) is 8.09. The topological polar surface area (TPSA) is 105 Å². The summed E-state index contributed by atoms with van der Waals surface area (Å²) < 4.78 is 25.8. The normalized spacial score (nSPS) is 10.3. The number of anilines is 3. The van der Waals surface area contributed by atoms with Gasteiger partial charge in [-0.3, -0.25) is 15.6 Å². The molecule has 0 atom stereocenters. The second-order valence-corrected chi connectivity index (χ2v) is 5.55. The third kappa shape index (κ3) is 4.66. The van der Waals surface area contributed by atoms with Crippen molar-refractivity contribution in [2.24, 2.45) is 0 Å². The summed E-state index contributed by atoms with van der Waals surface area (Å²) in [6.07, 6.45) is 1.27. The molecule has 0 aliphatic heterocycles. The number of nitrogen functional groups attached to an aromatic ring is 1. The molecule has 0 saturated carbocycles. The van der Waals surface area contributed by atoms with Crippen molar-refractivity contribution in [2.75, 3.05) is 16.5 Å². The Hall–Kier alpha value is -3.75. The summed E-state index contributed by atoms with van der Waals surface area (Å²) in [6.45, 7) is 0.378.